The van der Waals surface area contributed by atoms with Crippen LogP contribution in [0, 0.1) is 6.92 Å². The highest BCUT2D eigenvalue weighted by Gasteiger charge is 2.17. The smallest absolute Gasteiger partial charge is 0.314 e. The maximum atomic E-state index is 12.1. The average Bonchev–Trinajstić information content (AvgIpc) is 2.50. The SMILES string of the molecule is Cc1cc(O)ccc1NC(=O)C(=O)Nc1ccccc1C(C)C. The number of rotatable bonds is 3. The number of phenolic OH excluding ortho intramolecular Hbond substituents is 1. The molecule has 0 aliphatic carbocycles. The first-order chi connectivity index (χ1) is 10.9. The van der Waals surface area contributed by atoms with E-state index in [1.165, 1.54) is 12.1 Å². The van der Waals surface area contributed by atoms with E-state index in [1.807, 2.05) is 32.0 Å². The van der Waals surface area contributed by atoms with Gasteiger partial charge < -0.3 is 15.7 Å². The van der Waals surface area contributed by atoms with Crippen molar-refractivity contribution in [1.29, 1.82) is 0 Å². The van der Waals surface area contributed by atoms with Crippen molar-refractivity contribution in [1.82, 2.24) is 0 Å². The largest absolute Gasteiger partial charge is 0.508 e. The predicted octanol–water partition coefficient (Wildman–Crippen LogP) is 3.40. The van der Waals surface area contributed by atoms with Gasteiger partial charge in [0.25, 0.3) is 0 Å². The highest BCUT2D eigenvalue weighted by atomic mass is 16.3. The molecular formula is C18H20N2O3. The molecule has 0 radical (unpaired) electrons. The standard InChI is InChI=1S/C18H20N2O3/c1-11(2)14-6-4-5-7-16(14)20-18(23)17(22)19-15-9-8-13(21)10-12(15)3/h4-11,21H,1-3H3,(H,19,22)(H,20,23). The van der Waals surface area contributed by atoms with Gasteiger partial charge in [0.15, 0.2) is 0 Å². The number of aryl methyl sites for hydroxylation is 1. The molecule has 5 nitrogen and oxygen atoms in total. The number of hydrogen-bond acceptors (Lipinski definition) is 3. The zero-order chi connectivity index (χ0) is 17.0. The van der Waals surface area contributed by atoms with Crippen LogP contribution in [0.25, 0.3) is 0 Å². The van der Waals surface area contributed by atoms with E-state index in [4.69, 9.17) is 0 Å². The van der Waals surface area contributed by atoms with E-state index >= 15 is 0 Å². The minimum absolute atomic E-state index is 0.107. The summed E-state index contributed by atoms with van der Waals surface area (Å²) in [6.45, 7) is 5.77. The Labute approximate surface area is 135 Å². The highest BCUT2D eigenvalue weighted by Crippen LogP contribution is 2.24. The van der Waals surface area contributed by atoms with Gasteiger partial charge in [-0.2, -0.15) is 0 Å². The Morgan fingerprint density at radius 2 is 1.57 bits per heavy atom. The number of aromatic hydroxyl groups is 1. The monoisotopic (exact) mass is 312 g/mol. The zero-order valence-electron chi connectivity index (χ0n) is 13.4. The van der Waals surface area contributed by atoms with Crippen LogP contribution in [-0.2, 0) is 9.59 Å². The third-order valence-corrected chi connectivity index (χ3v) is 3.50. The fraction of sp³-hybridized carbons (Fsp3) is 0.222. The first-order valence-electron chi connectivity index (χ1n) is 7.39. The van der Waals surface area contributed by atoms with Gasteiger partial charge in [0, 0.05) is 11.4 Å². The molecule has 0 atom stereocenters. The summed E-state index contributed by atoms with van der Waals surface area (Å²) in [6.07, 6.45) is 0. The maximum Gasteiger partial charge on any atom is 0.314 e. The summed E-state index contributed by atoms with van der Waals surface area (Å²) < 4.78 is 0. The number of anilines is 2. The number of carbonyl (C=O) groups excluding carboxylic acids is 2. The van der Waals surface area contributed by atoms with Crippen molar-refractivity contribution in [2.24, 2.45) is 0 Å². The second-order valence-corrected chi connectivity index (χ2v) is 5.65. The lowest BCUT2D eigenvalue weighted by molar-refractivity contribution is -0.133. The maximum absolute atomic E-state index is 12.1. The second kappa shape index (κ2) is 6.96. The summed E-state index contributed by atoms with van der Waals surface area (Å²) in [7, 11) is 0. The van der Waals surface area contributed by atoms with E-state index < -0.39 is 11.8 Å². The molecule has 2 aromatic rings. The van der Waals surface area contributed by atoms with Crippen LogP contribution in [0.4, 0.5) is 11.4 Å². The van der Waals surface area contributed by atoms with Crippen molar-refractivity contribution in [2.45, 2.75) is 26.7 Å². The van der Waals surface area contributed by atoms with Crippen molar-refractivity contribution in [3.05, 3.63) is 53.6 Å². The molecule has 0 aliphatic rings. The molecule has 0 fully saturated rings. The number of nitrogens with one attached hydrogen (secondary N) is 2. The topological polar surface area (TPSA) is 78.4 Å². The van der Waals surface area contributed by atoms with Gasteiger partial charge in [-0.1, -0.05) is 32.0 Å². The van der Waals surface area contributed by atoms with Gasteiger partial charge in [-0.25, -0.2) is 0 Å². The lowest BCUT2D eigenvalue weighted by Crippen LogP contribution is -2.29. The van der Waals surface area contributed by atoms with Crippen molar-refractivity contribution in [3.8, 4) is 5.75 Å². The Kier molecular flexibility index (Phi) is 5.01. The van der Waals surface area contributed by atoms with E-state index in [1.54, 1.807) is 19.1 Å². The van der Waals surface area contributed by atoms with Crippen LogP contribution in [0.3, 0.4) is 0 Å². The molecule has 2 amide bonds. The molecule has 0 spiro atoms. The molecule has 5 heteroatoms. The lowest BCUT2D eigenvalue weighted by atomic mass is 10.0. The molecule has 0 unspecified atom stereocenters. The number of benzene rings is 2. The first-order valence-corrected chi connectivity index (χ1v) is 7.39. The molecule has 2 aromatic carbocycles. The van der Waals surface area contributed by atoms with Crippen LogP contribution in [-0.4, -0.2) is 16.9 Å². The third kappa shape index (κ3) is 4.10. The molecule has 120 valence electrons. The van der Waals surface area contributed by atoms with E-state index in [-0.39, 0.29) is 11.7 Å². The number of carbonyl (C=O) groups is 2. The summed E-state index contributed by atoms with van der Waals surface area (Å²) in [6, 6.07) is 11.9. The fourth-order valence-corrected chi connectivity index (χ4v) is 2.26. The fourth-order valence-electron chi connectivity index (χ4n) is 2.26. The Morgan fingerprint density at radius 3 is 2.17 bits per heavy atom. The number of amides is 2. The molecular weight excluding hydrogens is 292 g/mol. The van der Waals surface area contributed by atoms with Crippen LogP contribution in [0.1, 0.15) is 30.9 Å². The Hall–Kier alpha value is -2.82. The molecule has 0 aliphatic heterocycles. The number of para-hydroxylation sites is 1. The van der Waals surface area contributed by atoms with Gasteiger partial charge in [0.2, 0.25) is 0 Å². The van der Waals surface area contributed by atoms with Crippen molar-refractivity contribution in [3.63, 3.8) is 0 Å². The number of phenols is 1. The molecule has 0 aromatic heterocycles. The van der Waals surface area contributed by atoms with E-state index in [0.717, 1.165) is 5.56 Å². The molecule has 3 N–H and O–H groups in total. The Morgan fingerprint density at radius 1 is 0.957 bits per heavy atom. The van der Waals surface area contributed by atoms with Gasteiger partial charge in [-0.15, -0.1) is 0 Å². The van der Waals surface area contributed by atoms with Crippen LogP contribution in [0.15, 0.2) is 42.5 Å². The van der Waals surface area contributed by atoms with E-state index in [2.05, 4.69) is 10.6 Å². The minimum Gasteiger partial charge on any atom is -0.508 e. The molecule has 0 bridgehead atoms. The third-order valence-electron chi connectivity index (χ3n) is 3.50. The van der Waals surface area contributed by atoms with Gasteiger partial charge in [0.1, 0.15) is 5.75 Å². The van der Waals surface area contributed by atoms with Crippen LogP contribution < -0.4 is 10.6 Å². The summed E-state index contributed by atoms with van der Waals surface area (Å²) in [5.74, 6) is -1.15. The number of hydrogen-bond donors (Lipinski definition) is 3. The highest BCUT2D eigenvalue weighted by molar-refractivity contribution is 6.43. The normalized spacial score (nSPS) is 10.4. The van der Waals surface area contributed by atoms with Crippen molar-refractivity contribution in [2.75, 3.05) is 10.6 Å². The molecule has 0 saturated heterocycles. The lowest BCUT2D eigenvalue weighted by Gasteiger charge is -2.14. The van der Waals surface area contributed by atoms with Crippen molar-refractivity contribution < 1.29 is 14.7 Å². The van der Waals surface area contributed by atoms with Crippen LogP contribution >= 0.6 is 0 Å². The zero-order valence-corrected chi connectivity index (χ0v) is 13.4. The summed E-state index contributed by atoms with van der Waals surface area (Å²) in [5, 5.41) is 14.6. The van der Waals surface area contributed by atoms with Gasteiger partial charge in [-0.05, 0) is 48.2 Å². The van der Waals surface area contributed by atoms with Gasteiger partial charge in [-0.3, -0.25) is 9.59 Å². The van der Waals surface area contributed by atoms with Gasteiger partial charge in [0.05, 0.1) is 0 Å². The predicted molar refractivity (Wildman–Crippen MR) is 90.6 cm³/mol. The van der Waals surface area contributed by atoms with E-state index in [9.17, 15) is 14.7 Å². The van der Waals surface area contributed by atoms with Crippen LogP contribution in [0.2, 0.25) is 0 Å². The average molecular weight is 312 g/mol. The Balaban J connectivity index is 2.10. The summed E-state index contributed by atoms with van der Waals surface area (Å²) >= 11 is 0. The second-order valence-electron chi connectivity index (χ2n) is 5.65. The van der Waals surface area contributed by atoms with Gasteiger partial charge >= 0.3 is 11.8 Å². The molecule has 0 saturated carbocycles. The molecule has 2 rings (SSSR count). The van der Waals surface area contributed by atoms with Crippen LogP contribution in [0.5, 0.6) is 5.75 Å². The minimum atomic E-state index is -0.752. The summed E-state index contributed by atoms with van der Waals surface area (Å²) in [4.78, 5) is 24.1. The van der Waals surface area contributed by atoms with E-state index in [0.29, 0.717) is 16.9 Å². The summed E-state index contributed by atoms with van der Waals surface area (Å²) in [5.41, 5.74) is 2.76. The quantitative estimate of drug-likeness (QED) is 0.600. The first kappa shape index (κ1) is 16.5. The molecule has 23 heavy (non-hydrogen) atoms. The molecule has 0 heterocycles. The Bertz CT molecular complexity index is 739. The van der Waals surface area contributed by atoms with Crippen molar-refractivity contribution >= 4 is 23.2 Å².